The van der Waals surface area contributed by atoms with E-state index in [-0.39, 0.29) is 36.3 Å². The standard InChI is InChI=1S/3C8H8O2.Fe/c3*9-8(10)6-7-4-2-1-3-5-7;/h3*1-5H,6H2,(H,9,10);/q;;;+3/p-3. The summed E-state index contributed by atoms with van der Waals surface area (Å²) >= 11 is 0. The van der Waals surface area contributed by atoms with E-state index in [0.717, 1.165) is 16.7 Å². The number of aliphatic carboxylic acids is 3. The zero-order chi connectivity index (χ0) is 22.2. The van der Waals surface area contributed by atoms with Crippen molar-refractivity contribution in [2.45, 2.75) is 19.3 Å². The fourth-order valence-electron chi connectivity index (χ4n) is 2.29. The minimum atomic E-state index is -1.04. The van der Waals surface area contributed by atoms with Crippen LogP contribution < -0.4 is 15.3 Å². The average molecular weight is 461 g/mol. The summed E-state index contributed by atoms with van der Waals surface area (Å²) in [6.45, 7) is 0. The summed E-state index contributed by atoms with van der Waals surface area (Å²) in [7, 11) is 0. The summed E-state index contributed by atoms with van der Waals surface area (Å²) < 4.78 is 0. The number of carbonyl (C=O) groups is 3. The largest absolute Gasteiger partial charge is 3.00 e. The van der Waals surface area contributed by atoms with Gasteiger partial charge >= 0.3 is 17.1 Å². The van der Waals surface area contributed by atoms with E-state index < -0.39 is 17.9 Å². The number of carbonyl (C=O) groups excluding carboxylic acids is 3. The summed E-state index contributed by atoms with van der Waals surface area (Å²) in [6.07, 6.45) is 0.00250. The maximum atomic E-state index is 10.1. The number of benzene rings is 3. The Labute approximate surface area is 191 Å². The van der Waals surface area contributed by atoms with E-state index in [1.807, 2.05) is 18.2 Å². The minimum absolute atomic E-state index is 0. The monoisotopic (exact) mass is 461 g/mol. The predicted molar refractivity (Wildman–Crippen MR) is 105 cm³/mol. The summed E-state index contributed by atoms with van der Waals surface area (Å²) in [5, 5.41) is 30.2. The van der Waals surface area contributed by atoms with Gasteiger partial charge in [0, 0.05) is 37.2 Å². The summed E-state index contributed by atoms with van der Waals surface area (Å²) in [5.41, 5.74) is 2.34. The van der Waals surface area contributed by atoms with Crippen molar-refractivity contribution in [3.8, 4) is 0 Å². The molecule has 0 saturated carbocycles. The molecule has 0 saturated heterocycles. The van der Waals surface area contributed by atoms with E-state index in [9.17, 15) is 29.7 Å². The van der Waals surface area contributed by atoms with E-state index in [0.29, 0.717) is 0 Å². The molecule has 1 radical (unpaired) electrons. The van der Waals surface area contributed by atoms with Crippen molar-refractivity contribution in [3.63, 3.8) is 0 Å². The van der Waals surface area contributed by atoms with Gasteiger partial charge in [-0.3, -0.25) is 0 Å². The molecule has 0 aromatic heterocycles. The van der Waals surface area contributed by atoms with Gasteiger partial charge in [-0.1, -0.05) is 91.0 Å². The first-order valence-corrected chi connectivity index (χ1v) is 9.08. The maximum absolute atomic E-state index is 10.1. The number of carboxylic acids is 3. The Kier molecular flexibility index (Phi) is 14.6. The molecular formula is C24H21FeO6. The molecule has 0 aliphatic carbocycles. The SMILES string of the molecule is O=C([O-])Cc1ccccc1.O=C([O-])Cc1ccccc1.O=C([O-])Cc1ccccc1.[Fe+3]. The Hall–Kier alpha value is -3.41. The van der Waals surface area contributed by atoms with E-state index in [1.165, 1.54) is 0 Å². The van der Waals surface area contributed by atoms with Crippen LogP contribution in [-0.2, 0) is 50.7 Å². The van der Waals surface area contributed by atoms with Crippen LogP contribution in [0.5, 0.6) is 0 Å². The van der Waals surface area contributed by atoms with Gasteiger partial charge in [0.05, 0.1) is 0 Å². The van der Waals surface area contributed by atoms with Crippen LogP contribution in [0, 0.1) is 0 Å². The average Bonchev–Trinajstić information content (AvgIpc) is 2.70. The van der Waals surface area contributed by atoms with Crippen LogP contribution in [0.25, 0.3) is 0 Å². The molecule has 161 valence electrons. The van der Waals surface area contributed by atoms with E-state index in [2.05, 4.69) is 0 Å². The molecule has 0 N–H and O–H groups in total. The van der Waals surface area contributed by atoms with Gasteiger partial charge in [-0.25, -0.2) is 0 Å². The molecule has 3 aromatic rings. The van der Waals surface area contributed by atoms with Crippen LogP contribution in [0.4, 0.5) is 0 Å². The van der Waals surface area contributed by atoms with Crippen LogP contribution in [0.2, 0.25) is 0 Å². The van der Waals surface area contributed by atoms with Crippen molar-refractivity contribution >= 4 is 17.9 Å². The minimum Gasteiger partial charge on any atom is -0.550 e. The first-order valence-electron chi connectivity index (χ1n) is 9.08. The normalized spacial score (nSPS) is 8.90. The van der Waals surface area contributed by atoms with E-state index in [4.69, 9.17) is 0 Å². The Morgan fingerprint density at radius 2 is 0.645 bits per heavy atom. The number of hydrogen-bond donors (Lipinski definition) is 0. The quantitative estimate of drug-likeness (QED) is 0.474. The van der Waals surface area contributed by atoms with Gasteiger partial charge in [-0.2, -0.15) is 0 Å². The summed E-state index contributed by atoms with van der Waals surface area (Å²) in [6, 6.07) is 26.9. The fraction of sp³-hybridized carbons (Fsp3) is 0.125. The second kappa shape index (κ2) is 16.4. The second-order valence-corrected chi connectivity index (χ2v) is 6.10. The van der Waals surface area contributed by atoms with E-state index >= 15 is 0 Å². The van der Waals surface area contributed by atoms with Gasteiger partial charge < -0.3 is 29.7 Å². The molecule has 0 bridgehead atoms. The Balaban J connectivity index is 0.000000429. The topological polar surface area (TPSA) is 120 Å². The molecule has 0 aliphatic heterocycles. The summed E-state index contributed by atoms with van der Waals surface area (Å²) in [4.78, 5) is 30.2. The van der Waals surface area contributed by atoms with Gasteiger partial charge in [-0.05, 0) is 16.7 Å². The molecule has 0 spiro atoms. The third kappa shape index (κ3) is 15.1. The molecule has 0 aliphatic rings. The number of hydrogen-bond acceptors (Lipinski definition) is 6. The molecule has 0 fully saturated rings. The molecule has 6 nitrogen and oxygen atoms in total. The molecule has 7 heteroatoms. The molecule has 3 rings (SSSR count). The van der Waals surface area contributed by atoms with Crippen molar-refractivity contribution in [2.75, 3.05) is 0 Å². The second-order valence-electron chi connectivity index (χ2n) is 6.10. The van der Waals surface area contributed by atoms with Crippen LogP contribution in [-0.4, -0.2) is 17.9 Å². The van der Waals surface area contributed by atoms with Crippen molar-refractivity contribution in [3.05, 3.63) is 108 Å². The first-order chi connectivity index (χ1) is 14.4. The fourth-order valence-corrected chi connectivity index (χ4v) is 2.29. The summed E-state index contributed by atoms with van der Waals surface area (Å²) in [5.74, 6) is -3.11. The third-order valence-electron chi connectivity index (χ3n) is 3.57. The van der Waals surface area contributed by atoms with E-state index in [1.54, 1.807) is 72.8 Å². The van der Waals surface area contributed by atoms with Gasteiger partial charge in [0.15, 0.2) is 0 Å². The first kappa shape index (κ1) is 27.6. The van der Waals surface area contributed by atoms with Crippen LogP contribution in [0.1, 0.15) is 16.7 Å². The third-order valence-corrected chi connectivity index (χ3v) is 3.57. The predicted octanol–water partition coefficient (Wildman–Crippen LogP) is -0.0655. The number of carboxylic acid groups (broad SMARTS) is 3. The van der Waals surface area contributed by atoms with Gasteiger partial charge in [0.1, 0.15) is 0 Å². The Bertz CT molecular complexity index is 777. The molecule has 0 unspecified atom stereocenters. The van der Waals surface area contributed by atoms with Crippen LogP contribution in [0.3, 0.4) is 0 Å². The molecular weight excluding hydrogens is 440 g/mol. The zero-order valence-corrected chi connectivity index (χ0v) is 17.7. The van der Waals surface area contributed by atoms with Gasteiger partial charge in [-0.15, -0.1) is 0 Å². The molecule has 0 amide bonds. The van der Waals surface area contributed by atoms with Crippen molar-refractivity contribution in [1.29, 1.82) is 0 Å². The molecule has 31 heavy (non-hydrogen) atoms. The molecule has 0 heterocycles. The van der Waals surface area contributed by atoms with Crippen molar-refractivity contribution < 1.29 is 46.8 Å². The maximum Gasteiger partial charge on any atom is 3.00 e. The van der Waals surface area contributed by atoms with Gasteiger partial charge in [0.2, 0.25) is 0 Å². The molecule has 3 aromatic carbocycles. The van der Waals surface area contributed by atoms with Crippen LogP contribution in [0.15, 0.2) is 91.0 Å². The van der Waals surface area contributed by atoms with Gasteiger partial charge in [0.25, 0.3) is 0 Å². The molecule has 0 atom stereocenters. The van der Waals surface area contributed by atoms with Crippen molar-refractivity contribution in [2.24, 2.45) is 0 Å². The smallest absolute Gasteiger partial charge is 0.550 e. The Morgan fingerprint density at radius 3 is 0.806 bits per heavy atom. The van der Waals surface area contributed by atoms with Crippen molar-refractivity contribution in [1.82, 2.24) is 0 Å². The Morgan fingerprint density at radius 1 is 0.452 bits per heavy atom. The van der Waals surface area contributed by atoms with Crippen LogP contribution >= 0.6 is 0 Å². The number of rotatable bonds is 6. The zero-order valence-electron chi connectivity index (χ0n) is 16.6.